The van der Waals surface area contributed by atoms with E-state index in [4.69, 9.17) is 9.84 Å². The van der Waals surface area contributed by atoms with Crippen molar-refractivity contribution in [3.05, 3.63) is 29.6 Å². The number of benzene rings is 1. The summed E-state index contributed by atoms with van der Waals surface area (Å²) in [5.41, 5.74) is 0.714. The Balaban J connectivity index is 2.03. The maximum Gasteiger partial charge on any atom is 0.165 e. The van der Waals surface area contributed by atoms with E-state index in [0.717, 1.165) is 0 Å². The fourth-order valence-electron chi connectivity index (χ4n) is 1.40. The van der Waals surface area contributed by atoms with E-state index in [1.807, 2.05) is 0 Å². The molecule has 1 aliphatic rings. The van der Waals surface area contributed by atoms with Crippen LogP contribution in [-0.4, -0.2) is 18.3 Å². The van der Waals surface area contributed by atoms with Gasteiger partial charge in [0.15, 0.2) is 11.6 Å². The Morgan fingerprint density at radius 1 is 1.41 bits per heavy atom. The molecule has 1 fully saturated rings. The highest BCUT2D eigenvalue weighted by Crippen LogP contribution is 2.30. The summed E-state index contributed by atoms with van der Waals surface area (Å²) in [6.07, 6.45) is 2.78. The summed E-state index contributed by atoms with van der Waals surface area (Å²) in [6, 6.07) is 4.59. The van der Waals surface area contributed by atoms with Crippen molar-refractivity contribution < 1.29 is 14.2 Å². The lowest BCUT2D eigenvalue weighted by molar-refractivity contribution is 0.285. The molecule has 17 heavy (non-hydrogen) atoms. The van der Waals surface area contributed by atoms with Gasteiger partial charge >= 0.3 is 0 Å². The van der Waals surface area contributed by atoms with Crippen LogP contribution in [0.2, 0.25) is 0 Å². The summed E-state index contributed by atoms with van der Waals surface area (Å²) in [5, 5.41) is 8.61. The molecule has 0 aliphatic heterocycles. The molecule has 0 atom stereocenters. The van der Waals surface area contributed by atoms with Gasteiger partial charge in [0.05, 0.1) is 13.2 Å². The van der Waals surface area contributed by atoms with Crippen LogP contribution < -0.4 is 4.74 Å². The van der Waals surface area contributed by atoms with Gasteiger partial charge in [-0.05, 0) is 37.0 Å². The number of aliphatic hydroxyl groups excluding tert-OH is 1. The molecule has 1 aliphatic carbocycles. The lowest BCUT2D eigenvalue weighted by Gasteiger charge is -2.06. The zero-order chi connectivity index (χ0) is 12.1. The van der Waals surface area contributed by atoms with E-state index in [2.05, 4.69) is 11.8 Å². The molecule has 3 heteroatoms. The Morgan fingerprint density at radius 2 is 2.24 bits per heavy atom. The summed E-state index contributed by atoms with van der Waals surface area (Å²) >= 11 is 0. The Labute approximate surface area is 100 Å². The smallest absolute Gasteiger partial charge is 0.165 e. The molecule has 0 unspecified atom stereocenters. The molecule has 1 saturated carbocycles. The van der Waals surface area contributed by atoms with Crippen LogP contribution >= 0.6 is 0 Å². The van der Waals surface area contributed by atoms with Gasteiger partial charge in [0.25, 0.3) is 0 Å². The molecule has 0 saturated heterocycles. The van der Waals surface area contributed by atoms with Gasteiger partial charge in [-0.25, -0.2) is 4.39 Å². The van der Waals surface area contributed by atoms with Crippen molar-refractivity contribution in [2.24, 2.45) is 5.92 Å². The van der Waals surface area contributed by atoms with E-state index < -0.39 is 0 Å². The fraction of sp³-hybridized carbons (Fsp3) is 0.429. The average molecular weight is 234 g/mol. The lowest BCUT2D eigenvalue weighted by Crippen LogP contribution is -2.01. The first-order valence-electron chi connectivity index (χ1n) is 5.81. The third-order valence-electron chi connectivity index (χ3n) is 2.57. The largest absolute Gasteiger partial charge is 0.490 e. The first-order valence-corrected chi connectivity index (χ1v) is 5.81. The Bertz CT molecular complexity index is 441. The molecular formula is C14H15FO2. The van der Waals surface area contributed by atoms with E-state index in [9.17, 15) is 4.39 Å². The van der Waals surface area contributed by atoms with Gasteiger partial charge in [-0.3, -0.25) is 0 Å². The number of halogens is 1. The predicted molar refractivity (Wildman–Crippen MR) is 63.2 cm³/mol. The molecular weight excluding hydrogens is 219 g/mol. The Morgan fingerprint density at radius 3 is 2.94 bits per heavy atom. The maximum absolute atomic E-state index is 13.4. The van der Waals surface area contributed by atoms with Crippen molar-refractivity contribution in [3.8, 4) is 17.6 Å². The molecule has 90 valence electrons. The van der Waals surface area contributed by atoms with Crippen LogP contribution in [0.4, 0.5) is 4.39 Å². The van der Waals surface area contributed by atoms with Gasteiger partial charge in [-0.1, -0.05) is 11.8 Å². The van der Waals surface area contributed by atoms with Crippen LogP contribution in [0.15, 0.2) is 18.2 Å². The summed E-state index contributed by atoms with van der Waals surface area (Å²) < 4.78 is 18.8. The first kappa shape index (κ1) is 11.9. The van der Waals surface area contributed by atoms with Gasteiger partial charge in [0.1, 0.15) is 0 Å². The zero-order valence-corrected chi connectivity index (χ0v) is 9.58. The second kappa shape index (κ2) is 5.70. The van der Waals surface area contributed by atoms with Crippen LogP contribution in [0, 0.1) is 23.6 Å². The number of aliphatic hydroxyl groups is 1. The van der Waals surface area contributed by atoms with Crippen LogP contribution in [0.5, 0.6) is 5.75 Å². The molecule has 0 bridgehead atoms. The first-order chi connectivity index (χ1) is 8.29. The number of rotatable bonds is 4. The van der Waals surface area contributed by atoms with Gasteiger partial charge < -0.3 is 9.84 Å². The number of hydrogen-bond acceptors (Lipinski definition) is 2. The Kier molecular flexibility index (Phi) is 4.00. The van der Waals surface area contributed by atoms with Crippen LogP contribution in [0.25, 0.3) is 0 Å². The van der Waals surface area contributed by atoms with E-state index in [0.29, 0.717) is 24.5 Å². The van der Waals surface area contributed by atoms with Gasteiger partial charge in [0, 0.05) is 12.0 Å². The van der Waals surface area contributed by atoms with E-state index in [-0.39, 0.29) is 18.2 Å². The maximum atomic E-state index is 13.4. The van der Waals surface area contributed by atoms with E-state index in [1.54, 1.807) is 12.1 Å². The number of hydrogen-bond donors (Lipinski definition) is 1. The van der Waals surface area contributed by atoms with Gasteiger partial charge in [0.2, 0.25) is 0 Å². The van der Waals surface area contributed by atoms with Crippen molar-refractivity contribution >= 4 is 0 Å². The van der Waals surface area contributed by atoms with Crippen molar-refractivity contribution in [2.45, 2.75) is 19.3 Å². The zero-order valence-electron chi connectivity index (χ0n) is 9.58. The quantitative estimate of drug-likeness (QED) is 0.810. The highest BCUT2D eigenvalue weighted by Gasteiger charge is 2.22. The number of ether oxygens (including phenoxy) is 1. The normalized spacial score (nSPS) is 14.0. The van der Waals surface area contributed by atoms with E-state index in [1.165, 1.54) is 18.9 Å². The second-order valence-electron chi connectivity index (χ2n) is 4.17. The monoisotopic (exact) mass is 234 g/mol. The standard InChI is InChI=1S/C14H15FO2/c15-13-7-6-11(3-1-2-8-16)9-14(13)17-10-12-4-5-12/h6-7,9,12,16H,2,4-5,8,10H2. The van der Waals surface area contributed by atoms with Gasteiger partial charge in [-0.15, -0.1) is 0 Å². The third kappa shape index (κ3) is 3.76. The van der Waals surface area contributed by atoms with Crippen LogP contribution in [-0.2, 0) is 0 Å². The fourth-order valence-corrected chi connectivity index (χ4v) is 1.40. The average Bonchev–Trinajstić information content (AvgIpc) is 3.14. The minimum Gasteiger partial charge on any atom is -0.490 e. The summed E-state index contributed by atoms with van der Waals surface area (Å²) in [5.74, 6) is 6.18. The highest BCUT2D eigenvalue weighted by atomic mass is 19.1. The van der Waals surface area contributed by atoms with E-state index >= 15 is 0 Å². The van der Waals surface area contributed by atoms with Gasteiger partial charge in [-0.2, -0.15) is 0 Å². The molecule has 2 rings (SSSR count). The highest BCUT2D eigenvalue weighted by molar-refractivity contribution is 5.40. The van der Waals surface area contributed by atoms with Crippen molar-refractivity contribution in [2.75, 3.05) is 13.2 Å². The molecule has 1 N–H and O–H groups in total. The summed E-state index contributed by atoms with van der Waals surface area (Å²) in [4.78, 5) is 0. The predicted octanol–water partition coefficient (Wildman–Crippen LogP) is 2.35. The summed E-state index contributed by atoms with van der Waals surface area (Å²) in [7, 11) is 0. The molecule has 0 heterocycles. The molecule has 0 spiro atoms. The molecule has 1 aromatic rings. The van der Waals surface area contributed by atoms with Crippen LogP contribution in [0.1, 0.15) is 24.8 Å². The van der Waals surface area contributed by atoms with Crippen molar-refractivity contribution in [3.63, 3.8) is 0 Å². The topological polar surface area (TPSA) is 29.5 Å². The SMILES string of the molecule is OCCC#Cc1ccc(F)c(OCC2CC2)c1. The second-order valence-corrected chi connectivity index (χ2v) is 4.17. The minimum absolute atomic E-state index is 0.0409. The molecule has 0 amide bonds. The Hall–Kier alpha value is -1.53. The van der Waals surface area contributed by atoms with Crippen LogP contribution in [0.3, 0.4) is 0 Å². The minimum atomic E-state index is -0.349. The molecule has 2 nitrogen and oxygen atoms in total. The summed E-state index contributed by atoms with van der Waals surface area (Å²) in [6.45, 7) is 0.629. The molecule has 1 aromatic carbocycles. The molecule has 0 aromatic heterocycles. The third-order valence-corrected chi connectivity index (χ3v) is 2.57. The molecule has 0 radical (unpaired) electrons. The van der Waals surface area contributed by atoms with Crippen molar-refractivity contribution in [1.29, 1.82) is 0 Å². The lowest BCUT2D eigenvalue weighted by atomic mass is 10.2. The van der Waals surface area contributed by atoms with Crippen molar-refractivity contribution in [1.82, 2.24) is 0 Å².